The summed E-state index contributed by atoms with van der Waals surface area (Å²) >= 11 is 0. The molecule has 136 valence electrons. The van der Waals surface area contributed by atoms with Crippen LogP contribution in [-0.4, -0.2) is 28.2 Å². The number of hydrogen-bond donors (Lipinski definition) is 2. The number of ketones is 1. The highest BCUT2D eigenvalue weighted by atomic mass is 16.3. The van der Waals surface area contributed by atoms with E-state index in [1.165, 1.54) is 12.8 Å². The molecule has 4 saturated carbocycles. The molecule has 0 aliphatic heterocycles. The number of fused-ring (bicyclic) bond motifs is 5. The van der Waals surface area contributed by atoms with E-state index in [-0.39, 0.29) is 34.7 Å². The molecule has 0 saturated heterocycles. The Balaban J connectivity index is 1.66. The third kappa shape index (κ3) is 2.13. The number of carbonyl (C=O) groups is 1. The van der Waals surface area contributed by atoms with Gasteiger partial charge in [0.1, 0.15) is 5.78 Å². The second kappa shape index (κ2) is 5.54. The van der Waals surface area contributed by atoms with Crippen LogP contribution in [-0.2, 0) is 4.79 Å². The highest BCUT2D eigenvalue weighted by molar-refractivity contribution is 5.79. The first-order valence-corrected chi connectivity index (χ1v) is 10.1. The second-order valence-corrected chi connectivity index (χ2v) is 9.94. The Morgan fingerprint density at radius 1 is 0.958 bits per heavy atom. The minimum absolute atomic E-state index is 0.0529. The maximum Gasteiger partial charge on any atom is 0.133 e. The minimum atomic E-state index is -0.345. The molecule has 0 aromatic heterocycles. The molecule has 0 amide bonds. The fraction of sp³-hybridized carbons (Fsp3) is 0.952. The van der Waals surface area contributed by atoms with Crippen LogP contribution in [0.3, 0.4) is 0 Å². The number of aliphatic hydroxyl groups excluding tert-OH is 2. The highest BCUT2D eigenvalue weighted by Crippen LogP contribution is 2.67. The van der Waals surface area contributed by atoms with E-state index in [0.29, 0.717) is 23.7 Å². The predicted molar refractivity (Wildman–Crippen MR) is 93.3 cm³/mol. The van der Waals surface area contributed by atoms with Crippen LogP contribution in [0.2, 0.25) is 0 Å². The maximum absolute atomic E-state index is 12.2. The van der Waals surface area contributed by atoms with E-state index in [2.05, 4.69) is 13.8 Å². The summed E-state index contributed by atoms with van der Waals surface area (Å²) in [6.07, 6.45) is 7.92. The van der Waals surface area contributed by atoms with Gasteiger partial charge in [-0.2, -0.15) is 0 Å². The fourth-order valence-corrected chi connectivity index (χ4v) is 7.86. The number of aliphatic hydroxyl groups is 2. The molecular formula is C21H34O3. The van der Waals surface area contributed by atoms with Crippen LogP contribution < -0.4 is 0 Å². The lowest BCUT2D eigenvalue weighted by atomic mass is 9.44. The quantitative estimate of drug-likeness (QED) is 0.771. The van der Waals surface area contributed by atoms with Gasteiger partial charge in [0, 0.05) is 11.3 Å². The molecule has 3 nitrogen and oxygen atoms in total. The van der Waals surface area contributed by atoms with Crippen molar-refractivity contribution in [3.8, 4) is 0 Å². The van der Waals surface area contributed by atoms with Crippen LogP contribution >= 0.6 is 0 Å². The van der Waals surface area contributed by atoms with E-state index in [1.54, 1.807) is 6.92 Å². The molecule has 0 spiro atoms. The van der Waals surface area contributed by atoms with Gasteiger partial charge in [0.15, 0.2) is 0 Å². The summed E-state index contributed by atoms with van der Waals surface area (Å²) in [5, 5.41) is 21.3. The van der Waals surface area contributed by atoms with Crippen LogP contribution in [0.4, 0.5) is 0 Å². The third-order valence-corrected chi connectivity index (χ3v) is 9.24. The van der Waals surface area contributed by atoms with Crippen molar-refractivity contribution in [2.75, 3.05) is 0 Å². The number of hydrogen-bond acceptors (Lipinski definition) is 3. The van der Waals surface area contributed by atoms with Crippen molar-refractivity contribution >= 4 is 5.78 Å². The fourth-order valence-electron chi connectivity index (χ4n) is 7.86. The number of rotatable bonds is 1. The van der Waals surface area contributed by atoms with Gasteiger partial charge < -0.3 is 10.2 Å². The molecule has 24 heavy (non-hydrogen) atoms. The molecule has 4 aliphatic carbocycles. The van der Waals surface area contributed by atoms with Crippen molar-refractivity contribution in [3.63, 3.8) is 0 Å². The van der Waals surface area contributed by atoms with E-state index in [9.17, 15) is 15.0 Å². The van der Waals surface area contributed by atoms with Gasteiger partial charge in [0.25, 0.3) is 0 Å². The van der Waals surface area contributed by atoms with Crippen molar-refractivity contribution in [1.82, 2.24) is 0 Å². The summed E-state index contributed by atoms with van der Waals surface area (Å²) in [4.78, 5) is 12.2. The van der Waals surface area contributed by atoms with E-state index in [4.69, 9.17) is 0 Å². The molecule has 4 aliphatic rings. The van der Waals surface area contributed by atoms with Crippen LogP contribution in [0.15, 0.2) is 0 Å². The molecule has 0 aromatic carbocycles. The van der Waals surface area contributed by atoms with Crippen LogP contribution in [0.5, 0.6) is 0 Å². The highest BCUT2D eigenvalue weighted by Gasteiger charge is 2.63. The lowest BCUT2D eigenvalue weighted by molar-refractivity contribution is -0.173. The van der Waals surface area contributed by atoms with Crippen LogP contribution in [0, 0.1) is 40.4 Å². The largest absolute Gasteiger partial charge is 0.393 e. The zero-order valence-electron chi connectivity index (χ0n) is 15.5. The molecule has 0 heterocycles. The van der Waals surface area contributed by atoms with Crippen molar-refractivity contribution in [3.05, 3.63) is 0 Å². The Bertz CT molecular complexity index is 531. The maximum atomic E-state index is 12.2. The minimum Gasteiger partial charge on any atom is -0.393 e. The molecule has 4 rings (SSSR count). The number of Topliss-reactive ketones (excluding diaryl/α,β-unsaturated/α-hetero) is 1. The van der Waals surface area contributed by atoms with Crippen LogP contribution in [0.1, 0.15) is 72.1 Å². The summed E-state index contributed by atoms with van der Waals surface area (Å²) < 4.78 is 0. The first kappa shape index (κ1) is 17.0. The average molecular weight is 335 g/mol. The SMILES string of the molecule is CC(=O)[C@H]1CC[C@H]2[C@@H]3CC[C@@H]4C[C@@H](O)CC[C@]4(C)[C@H]3C[C@@H](O)[C@]12C. The molecule has 4 fully saturated rings. The summed E-state index contributed by atoms with van der Waals surface area (Å²) in [5.41, 5.74) is 0.0726. The molecule has 0 aromatic rings. The standard InChI is InChI=1S/C21H34O3/c1-12(22)16-6-7-17-15-5-4-13-10-14(23)8-9-20(13,2)18(15)11-19(24)21(16,17)3/h13-19,23-24H,4-11H2,1-3H3/t13-,14+,15+,16-,17+,18+,19-,20+,21-/m1/s1. The molecule has 2 N–H and O–H groups in total. The zero-order valence-corrected chi connectivity index (χ0v) is 15.5. The Morgan fingerprint density at radius 2 is 1.71 bits per heavy atom. The molecular weight excluding hydrogens is 300 g/mol. The zero-order chi connectivity index (χ0) is 17.3. The molecule has 0 unspecified atom stereocenters. The third-order valence-electron chi connectivity index (χ3n) is 9.24. The Hall–Kier alpha value is -0.410. The van der Waals surface area contributed by atoms with E-state index >= 15 is 0 Å². The monoisotopic (exact) mass is 334 g/mol. The Morgan fingerprint density at radius 3 is 2.42 bits per heavy atom. The van der Waals surface area contributed by atoms with Gasteiger partial charge in [-0.3, -0.25) is 4.79 Å². The van der Waals surface area contributed by atoms with Gasteiger partial charge in [0.2, 0.25) is 0 Å². The Kier molecular flexibility index (Phi) is 3.93. The van der Waals surface area contributed by atoms with Crippen LogP contribution in [0.25, 0.3) is 0 Å². The van der Waals surface area contributed by atoms with Gasteiger partial charge >= 0.3 is 0 Å². The predicted octanol–water partition coefficient (Wildman–Crippen LogP) is 3.57. The molecule has 3 heteroatoms. The van der Waals surface area contributed by atoms with E-state index in [1.807, 2.05) is 0 Å². The van der Waals surface area contributed by atoms with E-state index in [0.717, 1.165) is 38.5 Å². The normalized spacial score (nSPS) is 57.0. The van der Waals surface area contributed by atoms with Crippen molar-refractivity contribution in [1.29, 1.82) is 0 Å². The molecule has 0 radical (unpaired) electrons. The summed E-state index contributed by atoms with van der Waals surface area (Å²) in [6, 6.07) is 0. The van der Waals surface area contributed by atoms with E-state index < -0.39 is 0 Å². The number of carbonyl (C=O) groups excluding carboxylic acids is 1. The average Bonchev–Trinajstić information content (AvgIpc) is 2.88. The summed E-state index contributed by atoms with van der Waals surface area (Å²) in [7, 11) is 0. The van der Waals surface area contributed by atoms with Crippen molar-refractivity contribution < 1.29 is 15.0 Å². The van der Waals surface area contributed by atoms with Gasteiger partial charge in [-0.05, 0) is 87.4 Å². The first-order valence-electron chi connectivity index (χ1n) is 10.1. The Labute approximate surface area is 146 Å². The van der Waals surface area contributed by atoms with Crippen molar-refractivity contribution in [2.24, 2.45) is 40.4 Å². The topological polar surface area (TPSA) is 57.5 Å². The van der Waals surface area contributed by atoms with Gasteiger partial charge in [-0.25, -0.2) is 0 Å². The summed E-state index contributed by atoms with van der Waals surface area (Å²) in [6.45, 7) is 6.36. The summed E-state index contributed by atoms with van der Waals surface area (Å²) in [5.74, 6) is 2.69. The van der Waals surface area contributed by atoms with Gasteiger partial charge in [0.05, 0.1) is 12.2 Å². The molecule has 0 bridgehead atoms. The first-order chi connectivity index (χ1) is 11.3. The van der Waals surface area contributed by atoms with Gasteiger partial charge in [-0.1, -0.05) is 13.8 Å². The second-order valence-electron chi connectivity index (χ2n) is 9.94. The lowest BCUT2D eigenvalue weighted by Gasteiger charge is -2.62. The molecule has 9 atom stereocenters. The van der Waals surface area contributed by atoms with Crippen molar-refractivity contribution in [2.45, 2.75) is 84.3 Å². The lowest BCUT2D eigenvalue weighted by Crippen LogP contribution is -2.58. The van der Waals surface area contributed by atoms with Gasteiger partial charge in [-0.15, -0.1) is 0 Å². The smallest absolute Gasteiger partial charge is 0.133 e.